The van der Waals surface area contributed by atoms with Crippen LogP contribution in [0.1, 0.15) is 22.6 Å². The predicted molar refractivity (Wildman–Crippen MR) is 121 cm³/mol. The number of hydrogen-bond donors (Lipinski definition) is 0. The third kappa shape index (κ3) is 4.66. The zero-order valence-corrected chi connectivity index (χ0v) is 20.5. The summed E-state index contributed by atoms with van der Waals surface area (Å²) in [7, 11) is -3.72. The first-order valence-electron chi connectivity index (χ1n) is 10.4. The maximum absolute atomic E-state index is 13.0. The van der Waals surface area contributed by atoms with E-state index < -0.39 is 10.0 Å². The molecular weight excluding hydrogens is 466 g/mol. The number of carbonyl (C=O) groups is 1. The summed E-state index contributed by atoms with van der Waals surface area (Å²) in [5.41, 5.74) is 3.46. The molecule has 1 aliphatic heterocycles. The van der Waals surface area contributed by atoms with Crippen molar-refractivity contribution in [3.8, 4) is 5.69 Å². The number of aromatic nitrogens is 5. The Bertz CT molecular complexity index is 1260. The average molecular weight is 492 g/mol. The van der Waals surface area contributed by atoms with Gasteiger partial charge < -0.3 is 9.42 Å². The monoisotopic (exact) mass is 491 g/mol. The van der Waals surface area contributed by atoms with Gasteiger partial charge in [0.05, 0.1) is 11.4 Å². The Labute approximate surface area is 196 Å². The number of nitrogens with zero attached hydrogens (tertiary/aromatic N) is 7. The molecule has 0 spiro atoms. The number of hydrogen-bond acceptors (Lipinski definition) is 9. The second-order valence-electron chi connectivity index (χ2n) is 7.87. The molecule has 3 heterocycles. The summed E-state index contributed by atoms with van der Waals surface area (Å²) in [5.74, 6) is 0.329. The Morgan fingerprint density at radius 2 is 1.82 bits per heavy atom. The summed E-state index contributed by atoms with van der Waals surface area (Å²) in [6.07, 6.45) is 0. The van der Waals surface area contributed by atoms with Crippen molar-refractivity contribution >= 4 is 27.7 Å². The summed E-state index contributed by atoms with van der Waals surface area (Å²) < 4.78 is 33.9. The van der Waals surface area contributed by atoms with Crippen molar-refractivity contribution in [2.75, 3.05) is 31.9 Å². The van der Waals surface area contributed by atoms with Crippen LogP contribution >= 0.6 is 11.8 Å². The number of sulfonamides is 1. The zero-order chi connectivity index (χ0) is 23.8. The van der Waals surface area contributed by atoms with E-state index in [1.54, 1.807) is 23.4 Å². The van der Waals surface area contributed by atoms with Gasteiger partial charge in [-0.1, -0.05) is 23.0 Å². The lowest BCUT2D eigenvalue weighted by Gasteiger charge is -2.33. The van der Waals surface area contributed by atoms with Gasteiger partial charge in [0, 0.05) is 26.2 Å². The molecule has 0 unspecified atom stereocenters. The third-order valence-corrected chi connectivity index (χ3v) is 8.71. The van der Waals surface area contributed by atoms with Crippen LogP contribution in [0.4, 0.5) is 0 Å². The Morgan fingerprint density at radius 1 is 1.09 bits per heavy atom. The third-order valence-electron chi connectivity index (χ3n) is 5.66. The molecule has 2 aromatic heterocycles. The van der Waals surface area contributed by atoms with Gasteiger partial charge in [0.2, 0.25) is 21.1 Å². The minimum Gasteiger partial charge on any atom is -0.360 e. The fraction of sp³-hybridized carbons (Fsp3) is 0.450. The summed E-state index contributed by atoms with van der Waals surface area (Å²) in [5, 5.41) is 16.1. The van der Waals surface area contributed by atoms with Gasteiger partial charge >= 0.3 is 0 Å². The number of amides is 1. The molecule has 176 valence electrons. The van der Waals surface area contributed by atoms with Crippen molar-refractivity contribution in [3.05, 3.63) is 40.8 Å². The van der Waals surface area contributed by atoms with E-state index in [9.17, 15) is 13.2 Å². The van der Waals surface area contributed by atoms with Gasteiger partial charge in [-0.05, 0) is 61.4 Å². The van der Waals surface area contributed by atoms with Crippen molar-refractivity contribution in [2.24, 2.45) is 0 Å². The molecule has 33 heavy (non-hydrogen) atoms. The Morgan fingerprint density at radius 3 is 2.45 bits per heavy atom. The highest BCUT2D eigenvalue weighted by Crippen LogP contribution is 2.25. The first-order valence-corrected chi connectivity index (χ1v) is 12.8. The zero-order valence-electron chi connectivity index (χ0n) is 18.8. The van der Waals surface area contributed by atoms with Crippen molar-refractivity contribution in [2.45, 2.75) is 37.7 Å². The van der Waals surface area contributed by atoms with Crippen LogP contribution in [-0.2, 0) is 14.8 Å². The molecule has 3 aromatic rings. The second-order valence-corrected chi connectivity index (χ2v) is 10.7. The SMILES string of the molecule is Cc1ccc(-n2nnnc2SCC(=O)N2CCN(S(=O)(=O)c3c(C)noc3C)CC2)cc1C. The van der Waals surface area contributed by atoms with Crippen LogP contribution in [0.2, 0.25) is 0 Å². The van der Waals surface area contributed by atoms with E-state index in [4.69, 9.17) is 4.52 Å². The minimum absolute atomic E-state index is 0.0935. The van der Waals surface area contributed by atoms with Crippen LogP contribution in [-0.4, -0.2) is 80.8 Å². The van der Waals surface area contributed by atoms with Crippen molar-refractivity contribution < 1.29 is 17.7 Å². The molecule has 0 saturated carbocycles. The van der Waals surface area contributed by atoms with E-state index in [0.717, 1.165) is 11.3 Å². The van der Waals surface area contributed by atoms with E-state index in [1.807, 2.05) is 32.0 Å². The average Bonchev–Trinajstić information content (AvgIpc) is 3.40. The van der Waals surface area contributed by atoms with Crippen LogP contribution in [0.3, 0.4) is 0 Å². The van der Waals surface area contributed by atoms with Crippen molar-refractivity contribution in [1.29, 1.82) is 0 Å². The number of aryl methyl sites for hydroxylation is 4. The van der Waals surface area contributed by atoms with Gasteiger partial charge in [0.15, 0.2) is 5.76 Å². The van der Waals surface area contributed by atoms with E-state index in [-0.39, 0.29) is 35.4 Å². The molecule has 1 aromatic carbocycles. The lowest BCUT2D eigenvalue weighted by molar-refractivity contribution is -0.129. The van der Waals surface area contributed by atoms with Gasteiger partial charge in [-0.25, -0.2) is 8.42 Å². The van der Waals surface area contributed by atoms with Crippen molar-refractivity contribution in [1.82, 2.24) is 34.6 Å². The predicted octanol–water partition coefficient (Wildman–Crippen LogP) is 1.51. The van der Waals surface area contributed by atoms with Gasteiger partial charge in [0.25, 0.3) is 0 Å². The number of benzene rings is 1. The number of piperazine rings is 1. The number of rotatable bonds is 6. The molecule has 0 bridgehead atoms. The quantitative estimate of drug-likeness (QED) is 0.471. The van der Waals surface area contributed by atoms with Gasteiger partial charge in [-0.15, -0.1) is 5.10 Å². The lowest BCUT2D eigenvalue weighted by Crippen LogP contribution is -2.51. The first kappa shape index (κ1) is 23.4. The highest BCUT2D eigenvalue weighted by molar-refractivity contribution is 7.99. The maximum Gasteiger partial charge on any atom is 0.248 e. The fourth-order valence-electron chi connectivity index (χ4n) is 3.66. The van der Waals surface area contributed by atoms with Crippen molar-refractivity contribution in [3.63, 3.8) is 0 Å². The molecule has 0 radical (unpaired) electrons. The largest absolute Gasteiger partial charge is 0.360 e. The molecule has 1 aliphatic rings. The minimum atomic E-state index is -3.72. The molecule has 4 rings (SSSR count). The highest BCUT2D eigenvalue weighted by Gasteiger charge is 2.34. The van der Waals surface area contributed by atoms with Gasteiger partial charge in [-0.3, -0.25) is 4.79 Å². The van der Waals surface area contributed by atoms with Crippen LogP contribution in [0.5, 0.6) is 0 Å². The first-order chi connectivity index (χ1) is 15.7. The van der Waals surface area contributed by atoms with Crippen LogP contribution in [0, 0.1) is 27.7 Å². The summed E-state index contributed by atoms with van der Waals surface area (Å²) in [6.45, 7) is 8.28. The van der Waals surface area contributed by atoms with E-state index in [0.29, 0.717) is 23.9 Å². The van der Waals surface area contributed by atoms with Gasteiger partial charge in [0.1, 0.15) is 10.6 Å². The molecule has 1 fully saturated rings. The molecular formula is C20H25N7O4S2. The molecule has 1 saturated heterocycles. The van der Waals surface area contributed by atoms with Crippen LogP contribution in [0.15, 0.2) is 32.8 Å². The van der Waals surface area contributed by atoms with Crippen LogP contribution < -0.4 is 0 Å². The number of tetrazole rings is 1. The molecule has 1 amide bonds. The molecule has 0 atom stereocenters. The number of thioether (sulfide) groups is 1. The van der Waals surface area contributed by atoms with Crippen LogP contribution in [0.25, 0.3) is 5.69 Å². The topological polar surface area (TPSA) is 127 Å². The van der Waals surface area contributed by atoms with Gasteiger partial charge in [-0.2, -0.15) is 8.99 Å². The van der Waals surface area contributed by atoms with E-state index in [1.165, 1.54) is 21.6 Å². The molecule has 0 aliphatic carbocycles. The molecule has 13 heteroatoms. The summed E-state index contributed by atoms with van der Waals surface area (Å²) >= 11 is 1.25. The summed E-state index contributed by atoms with van der Waals surface area (Å²) in [4.78, 5) is 14.5. The number of carbonyl (C=O) groups excluding carboxylic acids is 1. The normalized spacial score (nSPS) is 15.2. The second kappa shape index (κ2) is 9.23. The fourth-order valence-corrected chi connectivity index (χ4v) is 6.16. The highest BCUT2D eigenvalue weighted by atomic mass is 32.2. The lowest BCUT2D eigenvalue weighted by atomic mass is 10.1. The smallest absolute Gasteiger partial charge is 0.248 e. The molecule has 0 N–H and O–H groups in total. The molecule has 11 nitrogen and oxygen atoms in total. The van der Waals surface area contributed by atoms with E-state index >= 15 is 0 Å². The summed E-state index contributed by atoms with van der Waals surface area (Å²) in [6, 6.07) is 5.93. The Balaban J connectivity index is 1.36. The van der Waals surface area contributed by atoms with E-state index in [2.05, 4.69) is 20.7 Å². The standard InChI is InChI=1S/C20H25N7O4S2/c1-13-5-6-17(11-14(13)2)27-20(21-23-24-27)32-12-18(28)25-7-9-26(10-8-25)33(29,30)19-15(3)22-31-16(19)4/h5-6,11H,7-10,12H2,1-4H3. The maximum atomic E-state index is 13.0. The Kier molecular flexibility index (Phi) is 6.54. The Hall–Kier alpha value is -2.77.